The van der Waals surface area contributed by atoms with Gasteiger partial charge in [-0.2, -0.15) is 16.8 Å². The number of rotatable bonds is 13. The zero-order valence-electron chi connectivity index (χ0n) is 23.3. The van der Waals surface area contributed by atoms with Gasteiger partial charge >= 0.3 is 20.6 Å². The number of hydrogen-bond acceptors (Lipinski definition) is 10. The number of nitrogens with one attached hydrogen (secondary N) is 4. The van der Waals surface area contributed by atoms with Crippen LogP contribution in [0.25, 0.3) is 0 Å². The third-order valence-corrected chi connectivity index (χ3v) is 5.94. The van der Waals surface area contributed by atoms with E-state index in [4.69, 9.17) is 9.11 Å². The van der Waals surface area contributed by atoms with E-state index in [2.05, 4.69) is 51.3 Å². The lowest BCUT2D eigenvalue weighted by atomic mass is 9.84. The first-order chi connectivity index (χ1) is 17.4. The van der Waals surface area contributed by atoms with E-state index in [1.165, 1.54) is 46.2 Å². The summed E-state index contributed by atoms with van der Waals surface area (Å²) in [6.07, 6.45) is 0. The SMILES string of the molecule is CCN(CC)CC.CCN(CC)CC.CCNC(=O)C(C(=O)NC)(C(=O)NS(=O)(=O)O)C(=O)NS(=O)(=O)O. The molecule has 6 N–H and O–H groups in total. The van der Waals surface area contributed by atoms with Crippen molar-refractivity contribution in [3.05, 3.63) is 0 Å². The molecule has 0 spiro atoms. The van der Waals surface area contributed by atoms with Gasteiger partial charge in [-0.25, -0.2) is 9.44 Å². The Kier molecular flexibility index (Phi) is 20.8. The summed E-state index contributed by atoms with van der Waals surface area (Å²) in [7, 11) is -9.81. The average molecular weight is 593 g/mol. The van der Waals surface area contributed by atoms with Crippen LogP contribution in [-0.2, 0) is 39.8 Å². The lowest BCUT2D eigenvalue weighted by molar-refractivity contribution is -0.156. The molecule has 0 unspecified atom stereocenters. The predicted molar refractivity (Wildman–Crippen MR) is 141 cm³/mol. The Bertz CT molecular complexity index is 880. The fourth-order valence-electron chi connectivity index (χ4n) is 2.83. The molecule has 0 saturated heterocycles. The Morgan fingerprint density at radius 1 is 0.605 bits per heavy atom. The maximum atomic E-state index is 12.1. The molecule has 38 heavy (non-hydrogen) atoms. The number of carbonyl (C=O) groups is 4. The molecule has 0 atom stereocenters. The van der Waals surface area contributed by atoms with Crippen LogP contribution in [0.15, 0.2) is 0 Å². The Morgan fingerprint density at radius 3 is 1.05 bits per heavy atom. The van der Waals surface area contributed by atoms with Gasteiger partial charge in [0.25, 0.3) is 29.0 Å². The standard InChI is InChI=1S/C8H14N4O10S2.2C6H15N/c1-3-10-5(14)8(4(13)9-2,6(15)11-23(17,18)19)7(16)12-24(20,21)22;2*1-4-7(5-2)6-3/h3H2,1-2H3,(H,9,13)(H,10,14)(H,11,15)(H,12,16)(H,17,18,19)(H,20,21,22);2*4-6H2,1-3H3. The molecule has 0 saturated carbocycles. The molecule has 0 radical (unpaired) electrons. The topological polar surface area (TPSA) is 232 Å². The molecule has 0 aliphatic rings. The summed E-state index contributed by atoms with van der Waals surface area (Å²) in [5.41, 5.74) is -3.63. The van der Waals surface area contributed by atoms with Gasteiger partial charge in [0.2, 0.25) is 0 Å². The summed E-state index contributed by atoms with van der Waals surface area (Å²) >= 11 is 0. The summed E-state index contributed by atoms with van der Waals surface area (Å²) in [6.45, 7) is 21.3. The molecule has 16 nitrogen and oxygen atoms in total. The predicted octanol–water partition coefficient (Wildman–Crippen LogP) is -1.61. The van der Waals surface area contributed by atoms with Crippen LogP contribution in [0.3, 0.4) is 0 Å². The molecule has 226 valence electrons. The molecule has 0 aliphatic carbocycles. The first-order valence-corrected chi connectivity index (χ1v) is 14.8. The van der Waals surface area contributed by atoms with Crippen LogP contribution in [-0.4, -0.2) is 112 Å². The molecule has 0 aliphatic heterocycles. The lowest BCUT2D eigenvalue weighted by Gasteiger charge is -2.26. The highest BCUT2D eigenvalue weighted by Crippen LogP contribution is 2.20. The van der Waals surface area contributed by atoms with Gasteiger partial charge < -0.3 is 20.4 Å². The van der Waals surface area contributed by atoms with E-state index in [-0.39, 0.29) is 6.54 Å². The van der Waals surface area contributed by atoms with Crippen molar-refractivity contribution in [3.8, 4) is 0 Å². The molecule has 0 rings (SSSR count). The van der Waals surface area contributed by atoms with Crippen LogP contribution in [0.2, 0.25) is 0 Å². The van der Waals surface area contributed by atoms with Gasteiger partial charge in [0, 0.05) is 13.6 Å². The van der Waals surface area contributed by atoms with Crippen molar-refractivity contribution >= 4 is 44.2 Å². The number of amides is 4. The molecule has 0 bridgehead atoms. The molecule has 0 heterocycles. The summed E-state index contributed by atoms with van der Waals surface area (Å²) in [5.74, 6) is -7.82. The Labute approximate surface area is 226 Å². The van der Waals surface area contributed by atoms with Crippen LogP contribution >= 0.6 is 0 Å². The first-order valence-electron chi connectivity index (χ1n) is 12.0. The van der Waals surface area contributed by atoms with E-state index in [0.717, 1.165) is 16.5 Å². The summed E-state index contributed by atoms with van der Waals surface area (Å²) in [6, 6.07) is 0. The summed E-state index contributed by atoms with van der Waals surface area (Å²) in [5, 5.41) is 3.56. The van der Waals surface area contributed by atoms with E-state index in [1.807, 2.05) is 5.32 Å². The van der Waals surface area contributed by atoms with Crippen molar-refractivity contribution in [3.63, 3.8) is 0 Å². The first kappa shape index (κ1) is 40.1. The van der Waals surface area contributed by atoms with Gasteiger partial charge in [0.05, 0.1) is 0 Å². The van der Waals surface area contributed by atoms with Crippen molar-refractivity contribution in [1.82, 2.24) is 29.9 Å². The van der Waals surface area contributed by atoms with E-state index < -0.39 is 49.7 Å². The molecule has 0 aromatic carbocycles. The van der Waals surface area contributed by atoms with E-state index in [9.17, 15) is 36.0 Å². The van der Waals surface area contributed by atoms with Gasteiger partial charge in [-0.05, 0) is 46.2 Å². The Balaban J connectivity index is -0.000000710. The van der Waals surface area contributed by atoms with Crippen LogP contribution in [0.1, 0.15) is 48.5 Å². The summed E-state index contributed by atoms with van der Waals surface area (Å²) < 4.78 is 61.8. The van der Waals surface area contributed by atoms with Crippen molar-refractivity contribution in [2.75, 3.05) is 52.9 Å². The Morgan fingerprint density at radius 2 is 0.895 bits per heavy atom. The summed E-state index contributed by atoms with van der Waals surface area (Å²) in [4.78, 5) is 52.8. The zero-order chi connectivity index (χ0) is 30.7. The third-order valence-electron chi connectivity index (χ3n) is 5.05. The minimum Gasteiger partial charge on any atom is -0.357 e. The molecular formula is C20H44N6O10S2. The monoisotopic (exact) mass is 592 g/mol. The minimum absolute atomic E-state index is 0.254. The minimum atomic E-state index is -5.33. The Hall–Kier alpha value is -2.38. The largest absolute Gasteiger partial charge is 0.359 e. The fraction of sp³-hybridized carbons (Fsp3) is 0.800. The number of carbonyl (C=O) groups excluding carboxylic acids is 4. The maximum absolute atomic E-state index is 12.1. The second kappa shape index (κ2) is 19.7. The normalized spacial score (nSPS) is 11.4. The quantitative estimate of drug-likeness (QED) is 0.105. The van der Waals surface area contributed by atoms with E-state index in [0.29, 0.717) is 0 Å². The molecular weight excluding hydrogens is 548 g/mol. The smallest absolute Gasteiger partial charge is 0.357 e. The third kappa shape index (κ3) is 15.1. The highest BCUT2D eigenvalue weighted by molar-refractivity contribution is 7.84. The molecule has 0 fully saturated rings. The van der Waals surface area contributed by atoms with Gasteiger partial charge in [0.1, 0.15) is 0 Å². The van der Waals surface area contributed by atoms with Crippen molar-refractivity contribution in [2.24, 2.45) is 5.41 Å². The molecule has 0 aromatic heterocycles. The van der Waals surface area contributed by atoms with Gasteiger partial charge in [-0.1, -0.05) is 41.5 Å². The van der Waals surface area contributed by atoms with Gasteiger partial charge in [-0.15, -0.1) is 0 Å². The van der Waals surface area contributed by atoms with E-state index >= 15 is 0 Å². The van der Waals surface area contributed by atoms with Crippen LogP contribution in [0.4, 0.5) is 0 Å². The average Bonchev–Trinajstić information content (AvgIpc) is 2.80. The van der Waals surface area contributed by atoms with Crippen LogP contribution in [0.5, 0.6) is 0 Å². The second-order valence-corrected chi connectivity index (χ2v) is 9.55. The highest BCUT2D eigenvalue weighted by atomic mass is 32.2. The number of hydrogen-bond donors (Lipinski definition) is 6. The van der Waals surface area contributed by atoms with Crippen molar-refractivity contribution in [1.29, 1.82) is 0 Å². The molecule has 0 aromatic rings. The van der Waals surface area contributed by atoms with Crippen molar-refractivity contribution < 1.29 is 45.1 Å². The van der Waals surface area contributed by atoms with Crippen LogP contribution in [0, 0.1) is 5.41 Å². The number of nitrogens with zero attached hydrogens (tertiary/aromatic N) is 2. The van der Waals surface area contributed by atoms with Gasteiger partial charge in [0.15, 0.2) is 0 Å². The zero-order valence-corrected chi connectivity index (χ0v) is 25.0. The second-order valence-electron chi connectivity index (χ2n) is 7.24. The van der Waals surface area contributed by atoms with Gasteiger partial charge in [-0.3, -0.25) is 28.3 Å². The molecule has 4 amide bonds. The van der Waals surface area contributed by atoms with Crippen molar-refractivity contribution in [2.45, 2.75) is 48.5 Å². The highest BCUT2D eigenvalue weighted by Gasteiger charge is 2.60. The molecule has 18 heteroatoms. The van der Waals surface area contributed by atoms with E-state index in [1.54, 1.807) is 5.32 Å². The lowest BCUT2D eigenvalue weighted by Crippen LogP contribution is -2.66. The fourth-order valence-corrected chi connectivity index (χ4v) is 3.60. The van der Waals surface area contributed by atoms with Crippen LogP contribution < -0.4 is 20.1 Å². The maximum Gasteiger partial charge on any atom is 0.359 e.